The second kappa shape index (κ2) is 10.6. The highest BCUT2D eigenvalue weighted by Crippen LogP contribution is 2.08. The predicted octanol–water partition coefficient (Wildman–Crippen LogP) is 0.299. The van der Waals surface area contributed by atoms with Crippen LogP contribution in [0.5, 0.6) is 0 Å². The van der Waals surface area contributed by atoms with Gasteiger partial charge in [-0.1, -0.05) is 0 Å². The van der Waals surface area contributed by atoms with E-state index in [9.17, 15) is 8.42 Å². The van der Waals surface area contributed by atoms with Gasteiger partial charge >= 0.3 is 0 Å². The molecule has 0 bridgehead atoms. The van der Waals surface area contributed by atoms with E-state index in [1.807, 2.05) is 13.8 Å². The van der Waals surface area contributed by atoms with Gasteiger partial charge in [0.25, 0.3) is 0 Å². The van der Waals surface area contributed by atoms with Gasteiger partial charge in [-0.25, -0.2) is 8.42 Å². The maximum Gasteiger partial charge on any atom is 0.218 e. The van der Waals surface area contributed by atoms with Crippen LogP contribution in [0.15, 0.2) is 0 Å². The Bertz CT molecular complexity index is 299. The molecular formula is C12H28N2O4S. The van der Waals surface area contributed by atoms with E-state index in [0.717, 1.165) is 0 Å². The summed E-state index contributed by atoms with van der Waals surface area (Å²) in [5.74, 6) is 0. The summed E-state index contributed by atoms with van der Waals surface area (Å²) in [4.78, 5) is 0. The Hall–Kier alpha value is -0.210. The molecule has 1 unspecified atom stereocenters. The third-order valence-corrected chi connectivity index (χ3v) is 5.01. The topological polar surface area (TPSA) is 67.9 Å². The molecule has 7 heteroatoms. The van der Waals surface area contributed by atoms with Crippen molar-refractivity contribution < 1.29 is 17.9 Å². The van der Waals surface area contributed by atoms with Crippen molar-refractivity contribution >= 4 is 10.0 Å². The lowest BCUT2D eigenvalue weighted by atomic mass is 10.5. The molecule has 0 amide bonds. The van der Waals surface area contributed by atoms with Crippen molar-refractivity contribution in [1.82, 2.24) is 9.62 Å². The highest BCUT2D eigenvalue weighted by atomic mass is 32.2. The molecule has 0 aromatic carbocycles. The number of hydrogen-bond acceptors (Lipinski definition) is 5. The summed E-state index contributed by atoms with van der Waals surface area (Å²) in [6.45, 7) is 8.67. The first kappa shape index (κ1) is 18.8. The first-order chi connectivity index (χ1) is 9.00. The molecule has 0 saturated heterocycles. The molecule has 0 radical (unpaired) electrons. The average Bonchev–Trinajstić information content (AvgIpc) is 2.37. The Morgan fingerprint density at radius 3 is 1.95 bits per heavy atom. The molecule has 0 fully saturated rings. The van der Waals surface area contributed by atoms with Crippen LogP contribution in [-0.2, 0) is 19.5 Å². The van der Waals surface area contributed by atoms with Gasteiger partial charge in [0.1, 0.15) is 0 Å². The van der Waals surface area contributed by atoms with Crippen molar-refractivity contribution in [2.45, 2.75) is 26.0 Å². The minimum absolute atomic E-state index is 0.372. The Balaban J connectivity index is 4.58. The molecule has 0 heterocycles. The molecular weight excluding hydrogens is 268 g/mol. The number of ether oxygens (including phenoxy) is 2. The van der Waals surface area contributed by atoms with Crippen molar-refractivity contribution in [3.05, 3.63) is 0 Å². The summed E-state index contributed by atoms with van der Waals surface area (Å²) in [6.07, 6.45) is 0. The van der Waals surface area contributed by atoms with Gasteiger partial charge in [-0.05, 0) is 27.8 Å². The van der Waals surface area contributed by atoms with E-state index in [0.29, 0.717) is 46.1 Å². The van der Waals surface area contributed by atoms with Crippen molar-refractivity contribution in [3.63, 3.8) is 0 Å². The van der Waals surface area contributed by atoms with Gasteiger partial charge in [0.2, 0.25) is 10.0 Å². The van der Waals surface area contributed by atoms with E-state index in [-0.39, 0.29) is 0 Å². The van der Waals surface area contributed by atoms with Gasteiger partial charge in [0.05, 0.1) is 18.5 Å². The minimum Gasteiger partial charge on any atom is -0.380 e. The van der Waals surface area contributed by atoms with E-state index >= 15 is 0 Å². The SMILES string of the molecule is CCOCCN(CCOCC)S(=O)(=O)C(C)CNC. The van der Waals surface area contributed by atoms with Gasteiger partial charge in [0.15, 0.2) is 0 Å². The van der Waals surface area contributed by atoms with Crippen LogP contribution in [0.25, 0.3) is 0 Å². The maximum atomic E-state index is 12.4. The van der Waals surface area contributed by atoms with Crippen LogP contribution in [0, 0.1) is 0 Å². The standard InChI is InChI=1S/C12H28N2O4S/c1-5-17-9-7-14(8-10-18-6-2)19(15,16)12(3)11-13-4/h12-13H,5-11H2,1-4H3. The smallest absolute Gasteiger partial charge is 0.218 e. The summed E-state index contributed by atoms with van der Waals surface area (Å²) in [5, 5.41) is 2.44. The van der Waals surface area contributed by atoms with Gasteiger partial charge in [-0.2, -0.15) is 4.31 Å². The minimum atomic E-state index is -3.31. The van der Waals surface area contributed by atoms with Crippen molar-refractivity contribution in [3.8, 4) is 0 Å². The van der Waals surface area contributed by atoms with Crippen LogP contribution < -0.4 is 5.32 Å². The van der Waals surface area contributed by atoms with Crippen LogP contribution in [-0.4, -0.2) is 71.1 Å². The van der Waals surface area contributed by atoms with Crippen LogP contribution in [0.1, 0.15) is 20.8 Å². The predicted molar refractivity (Wildman–Crippen MR) is 76.9 cm³/mol. The molecule has 1 N–H and O–H groups in total. The number of sulfonamides is 1. The van der Waals surface area contributed by atoms with Crippen LogP contribution >= 0.6 is 0 Å². The van der Waals surface area contributed by atoms with Gasteiger partial charge in [-0.3, -0.25) is 0 Å². The zero-order valence-electron chi connectivity index (χ0n) is 12.5. The average molecular weight is 296 g/mol. The van der Waals surface area contributed by atoms with E-state index in [2.05, 4.69) is 5.32 Å². The van der Waals surface area contributed by atoms with Crippen molar-refractivity contribution in [1.29, 1.82) is 0 Å². The van der Waals surface area contributed by atoms with E-state index in [1.54, 1.807) is 14.0 Å². The van der Waals surface area contributed by atoms with E-state index in [1.165, 1.54) is 4.31 Å². The summed E-state index contributed by atoms with van der Waals surface area (Å²) >= 11 is 0. The molecule has 6 nitrogen and oxygen atoms in total. The highest BCUT2D eigenvalue weighted by Gasteiger charge is 2.27. The van der Waals surface area contributed by atoms with Gasteiger partial charge in [-0.15, -0.1) is 0 Å². The third kappa shape index (κ3) is 7.22. The lowest BCUT2D eigenvalue weighted by molar-refractivity contribution is 0.110. The summed E-state index contributed by atoms with van der Waals surface area (Å²) < 4.78 is 36.7. The summed E-state index contributed by atoms with van der Waals surface area (Å²) in [7, 11) is -1.57. The number of rotatable bonds is 12. The zero-order valence-corrected chi connectivity index (χ0v) is 13.3. The van der Waals surface area contributed by atoms with Crippen molar-refractivity contribution in [2.24, 2.45) is 0 Å². The molecule has 19 heavy (non-hydrogen) atoms. The number of hydrogen-bond donors (Lipinski definition) is 1. The van der Waals surface area contributed by atoms with E-state index in [4.69, 9.17) is 9.47 Å². The summed E-state index contributed by atoms with van der Waals surface area (Å²) in [5.41, 5.74) is 0. The molecule has 0 saturated carbocycles. The largest absolute Gasteiger partial charge is 0.380 e. The van der Waals surface area contributed by atoms with Crippen molar-refractivity contribution in [2.75, 3.05) is 53.1 Å². The molecule has 0 aliphatic carbocycles. The molecule has 0 spiro atoms. The molecule has 0 rings (SSSR count). The fourth-order valence-electron chi connectivity index (χ4n) is 1.63. The van der Waals surface area contributed by atoms with Crippen LogP contribution in [0.2, 0.25) is 0 Å². The lowest BCUT2D eigenvalue weighted by Gasteiger charge is -2.25. The lowest BCUT2D eigenvalue weighted by Crippen LogP contribution is -2.44. The fraction of sp³-hybridized carbons (Fsp3) is 1.00. The van der Waals surface area contributed by atoms with Crippen LogP contribution in [0.3, 0.4) is 0 Å². The molecule has 0 aliphatic rings. The number of nitrogens with one attached hydrogen (secondary N) is 1. The molecule has 0 aliphatic heterocycles. The van der Waals surface area contributed by atoms with Gasteiger partial charge in [0, 0.05) is 32.8 Å². The van der Waals surface area contributed by atoms with Crippen LogP contribution in [0.4, 0.5) is 0 Å². The second-order valence-corrected chi connectivity index (χ2v) is 6.56. The monoisotopic (exact) mass is 296 g/mol. The zero-order chi connectivity index (χ0) is 14.7. The first-order valence-electron chi connectivity index (χ1n) is 6.79. The maximum absolute atomic E-state index is 12.4. The first-order valence-corrected chi connectivity index (χ1v) is 8.30. The van der Waals surface area contributed by atoms with E-state index < -0.39 is 15.3 Å². The molecule has 0 aromatic rings. The Labute approximate surface area is 117 Å². The number of nitrogens with zero attached hydrogens (tertiary/aromatic N) is 1. The molecule has 0 aromatic heterocycles. The molecule has 1 atom stereocenters. The summed E-state index contributed by atoms with van der Waals surface area (Å²) in [6, 6.07) is 0. The Kier molecular flexibility index (Phi) is 10.4. The Morgan fingerprint density at radius 2 is 1.58 bits per heavy atom. The fourth-order valence-corrected chi connectivity index (χ4v) is 3.18. The third-order valence-electron chi connectivity index (χ3n) is 2.74. The Morgan fingerprint density at radius 1 is 1.11 bits per heavy atom. The second-order valence-electron chi connectivity index (χ2n) is 4.21. The highest BCUT2D eigenvalue weighted by molar-refractivity contribution is 7.89. The molecule has 116 valence electrons. The van der Waals surface area contributed by atoms with Gasteiger partial charge < -0.3 is 14.8 Å². The normalized spacial score (nSPS) is 13.9. The quantitative estimate of drug-likeness (QED) is 0.525.